The average molecular weight is 388 g/mol. The van der Waals surface area contributed by atoms with E-state index < -0.39 is 0 Å². The predicted octanol–water partition coefficient (Wildman–Crippen LogP) is 4.90. The largest absolute Gasteiger partial charge is 0.418 e. The number of benzene rings is 1. The van der Waals surface area contributed by atoms with Crippen LogP contribution in [0.3, 0.4) is 0 Å². The minimum atomic E-state index is -0.109. The van der Waals surface area contributed by atoms with Crippen molar-refractivity contribution in [1.29, 1.82) is 0 Å². The van der Waals surface area contributed by atoms with Gasteiger partial charge in [-0.15, -0.1) is 21.5 Å². The fourth-order valence-electron chi connectivity index (χ4n) is 2.40. The molecule has 2 aromatic heterocycles. The van der Waals surface area contributed by atoms with E-state index in [0.717, 1.165) is 16.9 Å². The van der Waals surface area contributed by atoms with Gasteiger partial charge in [-0.05, 0) is 41.6 Å². The maximum Gasteiger partial charge on any atom is 0.257 e. The minimum Gasteiger partial charge on any atom is -0.418 e. The molecule has 1 amide bonds. The fraction of sp³-hybridized carbons (Fsp3) is 0.211. The Kier molecular flexibility index (Phi) is 6.20. The lowest BCUT2D eigenvalue weighted by Gasteiger charge is -2.18. The van der Waals surface area contributed by atoms with Crippen LogP contribution >= 0.6 is 22.9 Å². The zero-order valence-corrected chi connectivity index (χ0v) is 15.8. The highest BCUT2D eigenvalue weighted by atomic mass is 35.5. The first-order valence-corrected chi connectivity index (χ1v) is 9.50. The summed E-state index contributed by atoms with van der Waals surface area (Å²) in [6.45, 7) is 2.91. The fourth-order valence-corrected chi connectivity index (χ4v) is 3.24. The number of rotatable bonds is 7. The maximum absolute atomic E-state index is 12.5. The van der Waals surface area contributed by atoms with Gasteiger partial charge in [0.25, 0.3) is 5.89 Å². The minimum absolute atomic E-state index is 0.109. The molecule has 0 aliphatic rings. The molecule has 0 spiro atoms. The van der Waals surface area contributed by atoms with Crippen molar-refractivity contribution in [1.82, 2.24) is 15.1 Å². The summed E-state index contributed by atoms with van der Waals surface area (Å²) in [7, 11) is 0. The molecule has 0 bridgehead atoms. The molecular weight excluding hydrogens is 370 g/mol. The first kappa shape index (κ1) is 18.4. The quantitative estimate of drug-likeness (QED) is 0.541. The van der Waals surface area contributed by atoms with Crippen molar-refractivity contribution in [2.75, 3.05) is 6.54 Å². The molecule has 0 aliphatic heterocycles. The van der Waals surface area contributed by atoms with Crippen LogP contribution in [0.1, 0.15) is 24.8 Å². The molecule has 0 aliphatic carbocycles. The van der Waals surface area contributed by atoms with Crippen LogP contribution in [-0.4, -0.2) is 27.5 Å². The second-order valence-corrected chi connectivity index (χ2v) is 7.01. The number of aromatic nitrogens is 2. The van der Waals surface area contributed by atoms with E-state index in [1.807, 2.05) is 36.6 Å². The van der Waals surface area contributed by atoms with Gasteiger partial charge in [-0.25, -0.2) is 0 Å². The van der Waals surface area contributed by atoms with Gasteiger partial charge in [0.2, 0.25) is 11.8 Å². The molecule has 0 radical (unpaired) electrons. The lowest BCUT2D eigenvalue weighted by atomic mass is 10.2. The standard InChI is InChI=1S/C19H18ClN3O2S/c1-2-10-23(18(24)9-8-14-5-3-6-15(20)12-14)13-17-21-22-19(25-17)16-7-4-11-26-16/h3-9,11-12H,2,10,13H2,1H3/b9-8+. The highest BCUT2D eigenvalue weighted by Gasteiger charge is 2.16. The van der Waals surface area contributed by atoms with E-state index in [9.17, 15) is 4.79 Å². The second kappa shape index (κ2) is 8.78. The summed E-state index contributed by atoms with van der Waals surface area (Å²) < 4.78 is 5.69. The molecule has 0 N–H and O–H groups in total. The molecule has 2 heterocycles. The van der Waals surface area contributed by atoms with Gasteiger partial charge in [-0.3, -0.25) is 4.79 Å². The van der Waals surface area contributed by atoms with E-state index in [1.54, 1.807) is 23.1 Å². The summed E-state index contributed by atoms with van der Waals surface area (Å²) in [5, 5.41) is 10.7. The number of hydrogen-bond donors (Lipinski definition) is 0. The zero-order valence-electron chi connectivity index (χ0n) is 14.3. The van der Waals surface area contributed by atoms with Gasteiger partial charge >= 0.3 is 0 Å². The third-order valence-corrected chi connectivity index (χ3v) is 4.69. The smallest absolute Gasteiger partial charge is 0.257 e. The lowest BCUT2D eigenvalue weighted by Crippen LogP contribution is -2.29. The Bertz CT molecular complexity index is 890. The normalized spacial score (nSPS) is 11.2. The van der Waals surface area contributed by atoms with Gasteiger partial charge in [0.1, 0.15) is 0 Å². The van der Waals surface area contributed by atoms with Crippen molar-refractivity contribution in [2.24, 2.45) is 0 Å². The van der Waals surface area contributed by atoms with Crippen molar-refractivity contribution < 1.29 is 9.21 Å². The van der Waals surface area contributed by atoms with E-state index >= 15 is 0 Å². The molecule has 0 atom stereocenters. The summed E-state index contributed by atoms with van der Waals surface area (Å²) >= 11 is 7.50. The molecular formula is C19H18ClN3O2S. The Hall–Kier alpha value is -2.44. The van der Waals surface area contributed by atoms with E-state index in [-0.39, 0.29) is 12.5 Å². The Morgan fingerprint density at radius 2 is 2.19 bits per heavy atom. The Morgan fingerprint density at radius 1 is 1.31 bits per heavy atom. The van der Waals surface area contributed by atoms with Crippen molar-refractivity contribution >= 4 is 34.9 Å². The van der Waals surface area contributed by atoms with Gasteiger partial charge < -0.3 is 9.32 Å². The van der Waals surface area contributed by atoms with Gasteiger partial charge in [0, 0.05) is 17.6 Å². The Labute approximate surface area is 160 Å². The number of nitrogens with zero attached hydrogens (tertiary/aromatic N) is 3. The Balaban J connectivity index is 1.69. The van der Waals surface area contributed by atoms with E-state index in [4.69, 9.17) is 16.0 Å². The van der Waals surface area contributed by atoms with Crippen LogP contribution in [0.4, 0.5) is 0 Å². The SMILES string of the molecule is CCCN(Cc1nnc(-c2cccs2)o1)C(=O)/C=C/c1cccc(Cl)c1. The molecule has 3 rings (SSSR count). The molecule has 1 aromatic carbocycles. The lowest BCUT2D eigenvalue weighted by molar-refractivity contribution is -0.126. The van der Waals surface area contributed by atoms with Gasteiger partial charge in [0.15, 0.2) is 0 Å². The van der Waals surface area contributed by atoms with Crippen molar-refractivity contribution in [3.63, 3.8) is 0 Å². The molecule has 134 valence electrons. The van der Waals surface area contributed by atoms with Gasteiger partial charge in [-0.2, -0.15) is 0 Å². The second-order valence-electron chi connectivity index (χ2n) is 5.63. The highest BCUT2D eigenvalue weighted by Crippen LogP contribution is 2.23. The molecule has 0 saturated carbocycles. The molecule has 5 nitrogen and oxygen atoms in total. The number of halogens is 1. The summed E-state index contributed by atoms with van der Waals surface area (Å²) in [5.41, 5.74) is 0.875. The van der Waals surface area contributed by atoms with Gasteiger partial charge in [0.05, 0.1) is 11.4 Å². The van der Waals surface area contributed by atoms with Crippen molar-refractivity contribution in [3.8, 4) is 10.8 Å². The number of carbonyl (C=O) groups is 1. The topological polar surface area (TPSA) is 59.2 Å². The molecule has 7 heteroatoms. The van der Waals surface area contributed by atoms with Crippen molar-refractivity contribution in [2.45, 2.75) is 19.9 Å². The van der Waals surface area contributed by atoms with Crippen LogP contribution in [0.15, 0.2) is 52.3 Å². The summed E-state index contributed by atoms with van der Waals surface area (Å²) in [4.78, 5) is 15.2. The average Bonchev–Trinajstić information content (AvgIpc) is 3.31. The van der Waals surface area contributed by atoms with Crippen LogP contribution in [0.5, 0.6) is 0 Å². The van der Waals surface area contributed by atoms with E-state index in [0.29, 0.717) is 23.3 Å². The number of thiophene rings is 1. The van der Waals surface area contributed by atoms with Crippen LogP contribution < -0.4 is 0 Å². The molecule has 26 heavy (non-hydrogen) atoms. The molecule has 0 saturated heterocycles. The number of amides is 1. The third-order valence-electron chi connectivity index (χ3n) is 3.60. The molecule has 0 fully saturated rings. The number of hydrogen-bond acceptors (Lipinski definition) is 5. The van der Waals surface area contributed by atoms with Crippen molar-refractivity contribution in [3.05, 3.63) is 64.3 Å². The third kappa shape index (κ3) is 4.80. The van der Waals surface area contributed by atoms with Gasteiger partial charge in [-0.1, -0.05) is 36.7 Å². The highest BCUT2D eigenvalue weighted by molar-refractivity contribution is 7.13. The Morgan fingerprint density at radius 3 is 2.92 bits per heavy atom. The summed E-state index contributed by atoms with van der Waals surface area (Å²) in [6.07, 6.45) is 4.13. The monoisotopic (exact) mass is 387 g/mol. The predicted molar refractivity (Wildman–Crippen MR) is 104 cm³/mol. The molecule has 3 aromatic rings. The first-order valence-electron chi connectivity index (χ1n) is 8.24. The molecule has 0 unspecified atom stereocenters. The van der Waals surface area contributed by atoms with Crippen LogP contribution in [-0.2, 0) is 11.3 Å². The van der Waals surface area contributed by atoms with E-state index in [2.05, 4.69) is 10.2 Å². The summed E-state index contributed by atoms with van der Waals surface area (Å²) in [5.74, 6) is 0.794. The van der Waals surface area contributed by atoms with E-state index in [1.165, 1.54) is 17.4 Å². The zero-order chi connectivity index (χ0) is 18.4. The first-order chi connectivity index (χ1) is 12.7. The van der Waals surface area contributed by atoms with Crippen LogP contribution in [0.2, 0.25) is 5.02 Å². The van der Waals surface area contributed by atoms with Crippen LogP contribution in [0.25, 0.3) is 16.8 Å². The number of carbonyl (C=O) groups excluding carboxylic acids is 1. The summed E-state index contributed by atoms with van der Waals surface area (Å²) in [6, 6.07) is 11.2. The maximum atomic E-state index is 12.5. The van der Waals surface area contributed by atoms with Crippen LogP contribution in [0, 0.1) is 0 Å².